The zero-order chi connectivity index (χ0) is 20.6. The topological polar surface area (TPSA) is 61.4 Å². The van der Waals surface area contributed by atoms with Crippen LogP contribution in [0.2, 0.25) is 0 Å². The summed E-state index contributed by atoms with van der Waals surface area (Å²) >= 11 is 0. The van der Waals surface area contributed by atoms with Gasteiger partial charge in [-0.1, -0.05) is 74.5 Å². The summed E-state index contributed by atoms with van der Waals surface area (Å²) in [5.41, 5.74) is 2.37. The molecule has 0 aliphatic carbocycles. The number of nitrogens with zero attached hydrogens (tertiary/aromatic N) is 1. The molecule has 0 radical (unpaired) electrons. The lowest BCUT2D eigenvalue weighted by Crippen LogP contribution is -2.47. The molecule has 2 aromatic carbocycles. The Hall–Kier alpha value is -2.66. The van der Waals surface area contributed by atoms with Gasteiger partial charge in [-0.3, -0.25) is 14.5 Å². The van der Waals surface area contributed by atoms with Crippen molar-refractivity contribution in [3.63, 3.8) is 0 Å². The summed E-state index contributed by atoms with van der Waals surface area (Å²) in [4.78, 5) is 27.0. The summed E-state index contributed by atoms with van der Waals surface area (Å²) in [6.07, 6.45) is 0.489. The number of rotatable bonds is 7. The van der Waals surface area contributed by atoms with E-state index >= 15 is 0 Å². The van der Waals surface area contributed by atoms with E-state index in [1.165, 1.54) is 5.56 Å². The highest BCUT2D eigenvalue weighted by Crippen LogP contribution is 2.22. The highest BCUT2D eigenvalue weighted by atomic mass is 16.2. The molecule has 0 saturated carbocycles. The smallest absolute Gasteiger partial charge is 0.222 e. The standard InChI is InChI=1S/C24H31N3O2/c1-18(2)24(29)25-15-21(20-11-7-4-8-12-20)22-17-27(14-13-23(28)26-22)16-19-9-5-3-6-10-19/h3-12,18,21-22H,13-17H2,1-2H3,(H,25,29)(H,26,28)/t21-,22-/m0/s1. The predicted octanol–water partition coefficient (Wildman–Crippen LogP) is 2.93. The Morgan fingerprint density at radius 3 is 2.41 bits per heavy atom. The average molecular weight is 394 g/mol. The molecular weight excluding hydrogens is 362 g/mol. The lowest BCUT2D eigenvalue weighted by atomic mass is 9.90. The number of hydrogen-bond acceptors (Lipinski definition) is 3. The summed E-state index contributed by atoms with van der Waals surface area (Å²) in [6.45, 7) is 6.58. The van der Waals surface area contributed by atoms with E-state index in [4.69, 9.17) is 0 Å². The summed E-state index contributed by atoms with van der Waals surface area (Å²) in [6, 6.07) is 20.4. The fourth-order valence-corrected chi connectivity index (χ4v) is 3.77. The molecule has 5 nitrogen and oxygen atoms in total. The number of carbonyl (C=O) groups is 2. The van der Waals surface area contributed by atoms with E-state index in [9.17, 15) is 9.59 Å². The molecule has 1 heterocycles. The Labute approximate surface area is 173 Å². The Kier molecular flexibility index (Phi) is 7.42. The third-order valence-electron chi connectivity index (χ3n) is 5.44. The lowest BCUT2D eigenvalue weighted by molar-refractivity contribution is -0.124. The molecule has 2 aromatic rings. The highest BCUT2D eigenvalue weighted by molar-refractivity contribution is 5.78. The van der Waals surface area contributed by atoms with Crippen LogP contribution in [0.5, 0.6) is 0 Å². The van der Waals surface area contributed by atoms with Crippen molar-refractivity contribution in [3.8, 4) is 0 Å². The van der Waals surface area contributed by atoms with Gasteiger partial charge in [0.2, 0.25) is 11.8 Å². The second-order valence-corrected chi connectivity index (χ2v) is 8.06. The van der Waals surface area contributed by atoms with Crippen molar-refractivity contribution < 1.29 is 9.59 Å². The molecule has 0 aromatic heterocycles. The number of carbonyl (C=O) groups excluding carboxylic acids is 2. The SMILES string of the molecule is CC(C)C(=O)NC[C@@H](c1ccccc1)[C@@H]1CN(Cc2ccccc2)CCC(=O)N1. The minimum Gasteiger partial charge on any atom is -0.355 e. The van der Waals surface area contributed by atoms with Crippen LogP contribution in [0.25, 0.3) is 0 Å². The summed E-state index contributed by atoms with van der Waals surface area (Å²) in [5.74, 6) is 0.0534. The van der Waals surface area contributed by atoms with Gasteiger partial charge in [0.1, 0.15) is 0 Å². The average Bonchev–Trinajstić information content (AvgIpc) is 2.91. The molecule has 154 valence electrons. The first kappa shape index (κ1) is 21.1. The van der Waals surface area contributed by atoms with Gasteiger partial charge in [0.25, 0.3) is 0 Å². The molecular formula is C24H31N3O2. The molecule has 1 fully saturated rings. The summed E-state index contributed by atoms with van der Waals surface area (Å²) in [5, 5.41) is 6.28. The third-order valence-corrected chi connectivity index (χ3v) is 5.44. The maximum atomic E-state index is 12.4. The van der Waals surface area contributed by atoms with E-state index < -0.39 is 0 Å². The van der Waals surface area contributed by atoms with Gasteiger partial charge in [0, 0.05) is 44.4 Å². The third kappa shape index (κ3) is 6.16. The molecule has 1 aliphatic heterocycles. The van der Waals surface area contributed by atoms with E-state index in [-0.39, 0.29) is 29.7 Å². The van der Waals surface area contributed by atoms with Gasteiger partial charge in [-0.15, -0.1) is 0 Å². The Balaban J connectivity index is 1.79. The van der Waals surface area contributed by atoms with Crippen LogP contribution < -0.4 is 10.6 Å². The molecule has 2 atom stereocenters. The minimum absolute atomic E-state index is 0.0132. The zero-order valence-corrected chi connectivity index (χ0v) is 17.3. The maximum absolute atomic E-state index is 12.4. The van der Waals surface area contributed by atoms with Crippen molar-refractivity contribution in [2.75, 3.05) is 19.6 Å². The molecule has 2 amide bonds. The van der Waals surface area contributed by atoms with Gasteiger partial charge in [0.05, 0.1) is 6.04 Å². The van der Waals surface area contributed by atoms with Crippen LogP contribution in [0.3, 0.4) is 0 Å². The van der Waals surface area contributed by atoms with Crippen LogP contribution in [0.1, 0.15) is 37.3 Å². The number of hydrogen-bond donors (Lipinski definition) is 2. The second kappa shape index (κ2) is 10.2. The van der Waals surface area contributed by atoms with Crippen LogP contribution in [-0.4, -0.2) is 42.4 Å². The normalized spacial score (nSPS) is 18.7. The molecule has 1 saturated heterocycles. The Morgan fingerprint density at radius 2 is 1.76 bits per heavy atom. The first-order chi connectivity index (χ1) is 14.0. The maximum Gasteiger partial charge on any atom is 0.222 e. The first-order valence-corrected chi connectivity index (χ1v) is 10.4. The first-order valence-electron chi connectivity index (χ1n) is 10.4. The van der Waals surface area contributed by atoms with E-state index in [0.29, 0.717) is 13.0 Å². The van der Waals surface area contributed by atoms with Crippen molar-refractivity contribution in [3.05, 3.63) is 71.8 Å². The predicted molar refractivity (Wildman–Crippen MR) is 115 cm³/mol. The molecule has 5 heteroatoms. The van der Waals surface area contributed by atoms with Gasteiger partial charge in [-0.05, 0) is 11.1 Å². The molecule has 0 spiro atoms. The molecule has 0 bridgehead atoms. The van der Waals surface area contributed by atoms with Crippen molar-refractivity contribution in [1.29, 1.82) is 0 Å². The fourth-order valence-electron chi connectivity index (χ4n) is 3.77. The van der Waals surface area contributed by atoms with Crippen molar-refractivity contribution in [2.24, 2.45) is 5.92 Å². The Morgan fingerprint density at radius 1 is 1.10 bits per heavy atom. The quantitative estimate of drug-likeness (QED) is 0.760. The van der Waals surface area contributed by atoms with Gasteiger partial charge in [-0.2, -0.15) is 0 Å². The Bertz CT molecular complexity index is 792. The fraction of sp³-hybridized carbons (Fsp3) is 0.417. The van der Waals surface area contributed by atoms with Crippen molar-refractivity contribution in [2.45, 2.75) is 38.8 Å². The van der Waals surface area contributed by atoms with Gasteiger partial charge < -0.3 is 10.6 Å². The number of nitrogens with one attached hydrogen (secondary N) is 2. The molecule has 1 aliphatic rings. The van der Waals surface area contributed by atoms with E-state index in [1.54, 1.807) is 0 Å². The molecule has 29 heavy (non-hydrogen) atoms. The molecule has 0 unspecified atom stereocenters. The number of benzene rings is 2. The summed E-state index contributed by atoms with van der Waals surface area (Å²) in [7, 11) is 0. The van der Waals surface area contributed by atoms with E-state index in [2.05, 4.69) is 39.8 Å². The van der Waals surface area contributed by atoms with Gasteiger partial charge in [0.15, 0.2) is 0 Å². The van der Waals surface area contributed by atoms with Crippen molar-refractivity contribution in [1.82, 2.24) is 15.5 Å². The summed E-state index contributed by atoms with van der Waals surface area (Å²) < 4.78 is 0. The minimum atomic E-state index is -0.0661. The number of amides is 2. The molecule has 2 N–H and O–H groups in total. The second-order valence-electron chi connectivity index (χ2n) is 8.06. The van der Waals surface area contributed by atoms with Gasteiger partial charge in [-0.25, -0.2) is 0 Å². The van der Waals surface area contributed by atoms with Crippen LogP contribution in [0, 0.1) is 5.92 Å². The lowest BCUT2D eigenvalue weighted by Gasteiger charge is -2.31. The monoisotopic (exact) mass is 393 g/mol. The zero-order valence-electron chi connectivity index (χ0n) is 17.3. The van der Waals surface area contributed by atoms with E-state index in [0.717, 1.165) is 25.2 Å². The van der Waals surface area contributed by atoms with Crippen LogP contribution >= 0.6 is 0 Å². The van der Waals surface area contributed by atoms with E-state index in [1.807, 2.05) is 50.2 Å². The van der Waals surface area contributed by atoms with Crippen LogP contribution in [0.4, 0.5) is 0 Å². The molecule has 3 rings (SSSR count). The van der Waals surface area contributed by atoms with Crippen LogP contribution in [0.15, 0.2) is 60.7 Å². The highest BCUT2D eigenvalue weighted by Gasteiger charge is 2.30. The largest absolute Gasteiger partial charge is 0.355 e. The van der Waals surface area contributed by atoms with Gasteiger partial charge >= 0.3 is 0 Å². The van der Waals surface area contributed by atoms with Crippen molar-refractivity contribution >= 4 is 11.8 Å². The van der Waals surface area contributed by atoms with Crippen LogP contribution in [-0.2, 0) is 16.1 Å².